The average Bonchev–Trinajstić information content (AvgIpc) is 2.94. The molecule has 0 fully saturated rings. The number of rotatable bonds is 10. The highest BCUT2D eigenvalue weighted by Crippen LogP contribution is 2.31. The molecule has 4 rings (SSSR count). The molecule has 2 N–H and O–H groups in total. The van der Waals surface area contributed by atoms with Crippen LogP contribution in [0, 0.1) is 0 Å². The van der Waals surface area contributed by atoms with Crippen LogP contribution in [0.4, 0.5) is 22.7 Å². The van der Waals surface area contributed by atoms with Crippen LogP contribution in [0.5, 0.6) is 11.5 Å². The highest BCUT2D eigenvalue weighted by Gasteiger charge is 2.13. The summed E-state index contributed by atoms with van der Waals surface area (Å²) >= 11 is 0. The van der Waals surface area contributed by atoms with E-state index in [4.69, 9.17) is 9.47 Å². The Morgan fingerprint density at radius 3 is 1.76 bits per heavy atom. The van der Waals surface area contributed by atoms with Crippen LogP contribution in [0.25, 0.3) is 0 Å². The number of hydrogen-bond acceptors (Lipinski definition) is 6. The molecule has 0 heterocycles. The summed E-state index contributed by atoms with van der Waals surface area (Å²) in [6.45, 7) is 4.88. The van der Waals surface area contributed by atoms with Crippen LogP contribution in [-0.4, -0.2) is 25.0 Å². The molecule has 38 heavy (non-hydrogen) atoms. The Labute approximate surface area is 221 Å². The molecular weight excluding hydrogens is 480 g/mol. The molecule has 4 aromatic carbocycles. The number of benzene rings is 4. The molecule has 0 aliphatic heterocycles. The van der Waals surface area contributed by atoms with Crippen molar-refractivity contribution in [1.29, 1.82) is 0 Å². The fraction of sp³-hybridized carbons (Fsp3) is 0.133. The second kappa shape index (κ2) is 12.8. The number of ether oxygens (including phenoxy) is 2. The second-order valence-corrected chi connectivity index (χ2v) is 8.09. The van der Waals surface area contributed by atoms with Crippen molar-refractivity contribution in [2.24, 2.45) is 10.2 Å². The van der Waals surface area contributed by atoms with Gasteiger partial charge in [0.2, 0.25) is 0 Å². The van der Waals surface area contributed by atoms with Gasteiger partial charge in [-0.25, -0.2) is 0 Å². The monoisotopic (exact) mass is 508 g/mol. The van der Waals surface area contributed by atoms with Gasteiger partial charge in [-0.05, 0) is 92.7 Å². The first-order valence-electron chi connectivity index (χ1n) is 12.2. The summed E-state index contributed by atoms with van der Waals surface area (Å²) in [4.78, 5) is 25.9. The first-order chi connectivity index (χ1) is 18.6. The number of anilines is 2. The van der Waals surface area contributed by atoms with Gasteiger partial charge in [0.1, 0.15) is 17.2 Å². The summed E-state index contributed by atoms with van der Waals surface area (Å²) in [6.07, 6.45) is 0. The van der Waals surface area contributed by atoms with Crippen molar-refractivity contribution in [2.75, 3.05) is 23.8 Å². The number of nitrogens with zero attached hydrogens (tertiary/aromatic N) is 2. The summed E-state index contributed by atoms with van der Waals surface area (Å²) in [7, 11) is 0. The number of nitrogens with one attached hydrogen (secondary N) is 2. The van der Waals surface area contributed by atoms with E-state index in [2.05, 4.69) is 20.9 Å². The fourth-order valence-corrected chi connectivity index (χ4v) is 3.54. The standard InChI is InChI=1S/C30H28N4O4/c1-3-37-25-15-10-21(11-16-25)29(35)31-24-14-19-27(34-33-23-8-6-5-7-9-23)28(20-24)32-30(36)22-12-17-26(18-13-22)38-4-2/h5-20H,3-4H2,1-2H3,(H,31,35)(H,32,36). The molecular formula is C30H28N4O4. The zero-order valence-electron chi connectivity index (χ0n) is 21.2. The number of amides is 2. The molecule has 0 atom stereocenters. The Morgan fingerprint density at radius 2 is 1.21 bits per heavy atom. The smallest absolute Gasteiger partial charge is 0.255 e. The Kier molecular flexibility index (Phi) is 8.80. The minimum Gasteiger partial charge on any atom is -0.494 e. The van der Waals surface area contributed by atoms with Gasteiger partial charge in [0.25, 0.3) is 11.8 Å². The summed E-state index contributed by atoms with van der Waals surface area (Å²) in [6, 6.07) is 28.0. The number of carbonyl (C=O) groups excluding carboxylic acids is 2. The molecule has 0 bridgehead atoms. The Bertz CT molecular complexity index is 1400. The molecule has 4 aromatic rings. The summed E-state index contributed by atoms with van der Waals surface area (Å²) in [5.41, 5.74) is 2.92. The maximum Gasteiger partial charge on any atom is 0.255 e. The largest absolute Gasteiger partial charge is 0.494 e. The topological polar surface area (TPSA) is 101 Å². The lowest BCUT2D eigenvalue weighted by atomic mass is 10.1. The van der Waals surface area contributed by atoms with E-state index in [0.29, 0.717) is 58.6 Å². The number of carbonyl (C=O) groups is 2. The number of azo groups is 1. The molecule has 0 saturated carbocycles. The third-order valence-electron chi connectivity index (χ3n) is 5.39. The lowest BCUT2D eigenvalue weighted by Gasteiger charge is -2.12. The summed E-state index contributed by atoms with van der Waals surface area (Å²) < 4.78 is 10.9. The van der Waals surface area contributed by atoms with Gasteiger partial charge in [0, 0.05) is 16.8 Å². The molecule has 0 radical (unpaired) electrons. The lowest BCUT2D eigenvalue weighted by molar-refractivity contribution is 0.101. The molecule has 2 amide bonds. The number of hydrogen-bond donors (Lipinski definition) is 2. The van der Waals surface area contributed by atoms with Gasteiger partial charge in [0.05, 0.1) is 24.6 Å². The van der Waals surface area contributed by atoms with Gasteiger partial charge in [-0.3, -0.25) is 9.59 Å². The van der Waals surface area contributed by atoms with E-state index < -0.39 is 0 Å². The normalized spacial score (nSPS) is 10.7. The zero-order chi connectivity index (χ0) is 26.7. The zero-order valence-corrected chi connectivity index (χ0v) is 21.2. The predicted octanol–water partition coefficient (Wildman–Crippen LogP) is 7.40. The van der Waals surface area contributed by atoms with E-state index in [-0.39, 0.29) is 11.8 Å². The highest BCUT2D eigenvalue weighted by atomic mass is 16.5. The first kappa shape index (κ1) is 26.1. The van der Waals surface area contributed by atoms with Gasteiger partial charge in [-0.1, -0.05) is 18.2 Å². The van der Waals surface area contributed by atoms with Crippen LogP contribution in [0.3, 0.4) is 0 Å². The van der Waals surface area contributed by atoms with Crippen molar-refractivity contribution < 1.29 is 19.1 Å². The molecule has 192 valence electrons. The van der Waals surface area contributed by atoms with E-state index >= 15 is 0 Å². The minimum absolute atomic E-state index is 0.296. The molecule has 8 heteroatoms. The molecule has 0 aliphatic rings. The third kappa shape index (κ3) is 7.04. The fourth-order valence-electron chi connectivity index (χ4n) is 3.54. The van der Waals surface area contributed by atoms with Crippen molar-refractivity contribution >= 4 is 34.6 Å². The SMILES string of the molecule is CCOc1ccc(C(=O)Nc2ccc(N=Nc3ccccc3)c(NC(=O)c3ccc(OCC)cc3)c2)cc1. The molecule has 0 spiro atoms. The predicted molar refractivity (Wildman–Crippen MR) is 148 cm³/mol. The Morgan fingerprint density at radius 1 is 0.658 bits per heavy atom. The molecule has 0 aromatic heterocycles. The van der Waals surface area contributed by atoms with Crippen LogP contribution in [-0.2, 0) is 0 Å². The van der Waals surface area contributed by atoms with E-state index in [9.17, 15) is 9.59 Å². The maximum atomic E-state index is 13.0. The van der Waals surface area contributed by atoms with Crippen molar-refractivity contribution in [3.63, 3.8) is 0 Å². The Hall–Kier alpha value is -4.98. The van der Waals surface area contributed by atoms with Crippen molar-refractivity contribution in [2.45, 2.75) is 13.8 Å². The third-order valence-corrected chi connectivity index (χ3v) is 5.39. The van der Waals surface area contributed by atoms with Crippen LogP contribution < -0.4 is 20.1 Å². The van der Waals surface area contributed by atoms with Crippen LogP contribution in [0.1, 0.15) is 34.6 Å². The lowest BCUT2D eigenvalue weighted by Crippen LogP contribution is -2.14. The average molecular weight is 509 g/mol. The maximum absolute atomic E-state index is 13.0. The van der Waals surface area contributed by atoms with Crippen molar-refractivity contribution in [3.05, 3.63) is 108 Å². The van der Waals surface area contributed by atoms with Crippen LogP contribution in [0.15, 0.2) is 107 Å². The van der Waals surface area contributed by atoms with Crippen molar-refractivity contribution in [3.8, 4) is 11.5 Å². The first-order valence-corrected chi connectivity index (χ1v) is 12.2. The van der Waals surface area contributed by atoms with Crippen LogP contribution >= 0.6 is 0 Å². The van der Waals surface area contributed by atoms with Gasteiger partial charge < -0.3 is 20.1 Å². The van der Waals surface area contributed by atoms with E-state index in [1.165, 1.54) is 0 Å². The van der Waals surface area contributed by atoms with E-state index in [1.54, 1.807) is 66.7 Å². The minimum atomic E-state index is -0.334. The van der Waals surface area contributed by atoms with Crippen LogP contribution in [0.2, 0.25) is 0 Å². The highest BCUT2D eigenvalue weighted by molar-refractivity contribution is 6.07. The van der Waals surface area contributed by atoms with Gasteiger partial charge in [-0.2, -0.15) is 5.11 Å². The molecule has 0 unspecified atom stereocenters. The quantitative estimate of drug-likeness (QED) is 0.218. The second-order valence-electron chi connectivity index (χ2n) is 8.09. The summed E-state index contributed by atoms with van der Waals surface area (Å²) in [5.74, 6) is 0.742. The van der Waals surface area contributed by atoms with Gasteiger partial charge in [0.15, 0.2) is 0 Å². The Balaban J connectivity index is 1.57. The molecule has 0 saturated heterocycles. The molecule has 8 nitrogen and oxygen atoms in total. The van der Waals surface area contributed by atoms with E-state index in [0.717, 1.165) is 0 Å². The van der Waals surface area contributed by atoms with Gasteiger partial charge in [-0.15, -0.1) is 5.11 Å². The summed E-state index contributed by atoms with van der Waals surface area (Å²) in [5, 5.41) is 14.4. The van der Waals surface area contributed by atoms with Gasteiger partial charge >= 0.3 is 0 Å². The molecule has 0 aliphatic carbocycles. The van der Waals surface area contributed by atoms with Crippen molar-refractivity contribution in [1.82, 2.24) is 0 Å². The van der Waals surface area contributed by atoms with E-state index in [1.807, 2.05) is 44.2 Å².